The second kappa shape index (κ2) is 5.07. The standard InChI is InChI=1S/C13H17N3O4/c1-6-8(3)14-15-11(17)10(6)12(18)16-4-9(5-16)7(2)13(19)20/h7,9H,4-5H2,1-3H3,(H,15,17)(H,19,20). The van der Waals surface area contributed by atoms with Crippen LogP contribution in [0.5, 0.6) is 0 Å². The number of carbonyl (C=O) groups is 2. The first-order valence-electron chi connectivity index (χ1n) is 6.41. The Morgan fingerprint density at radius 3 is 2.55 bits per heavy atom. The summed E-state index contributed by atoms with van der Waals surface area (Å²) in [5, 5.41) is 15.0. The molecule has 1 unspecified atom stereocenters. The first-order valence-corrected chi connectivity index (χ1v) is 6.41. The lowest BCUT2D eigenvalue weighted by Gasteiger charge is -2.41. The first kappa shape index (κ1) is 14.2. The Hall–Kier alpha value is -2.18. The van der Waals surface area contributed by atoms with Crippen molar-refractivity contribution in [1.82, 2.24) is 15.1 Å². The Bertz CT molecular complexity index is 617. The van der Waals surface area contributed by atoms with Gasteiger partial charge in [0.2, 0.25) is 0 Å². The minimum Gasteiger partial charge on any atom is -0.481 e. The highest BCUT2D eigenvalue weighted by Crippen LogP contribution is 2.25. The summed E-state index contributed by atoms with van der Waals surface area (Å²) in [6, 6.07) is 0. The number of hydrogen-bond donors (Lipinski definition) is 2. The van der Waals surface area contributed by atoms with Gasteiger partial charge in [-0.1, -0.05) is 6.92 Å². The zero-order chi connectivity index (χ0) is 15.0. The quantitative estimate of drug-likeness (QED) is 0.821. The molecule has 0 saturated carbocycles. The van der Waals surface area contributed by atoms with Crippen LogP contribution in [0.3, 0.4) is 0 Å². The van der Waals surface area contributed by atoms with Crippen LogP contribution < -0.4 is 5.56 Å². The third kappa shape index (κ3) is 2.31. The maximum atomic E-state index is 12.3. The van der Waals surface area contributed by atoms with Crippen LogP contribution in [0.2, 0.25) is 0 Å². The molecule has 108 valence electrons. The van der Waals surface area contributed by atoms with Gasteiger partial charge < -0.3 is 10.0 Å². The molecule has 1 fully saturated rings. The summed E-state index contributed by atoms with van der Waals surface area (Å²) in [7, 11) is 0. The van der Waals surface area contributed by atoms with Gasteiger partial charge in [-0.2, -0.15) is 5.10 Å². The normalized spacial score (nSPS) is 16.6. The highest BCUT2D eigenvalue weighted by atomic mass is 16.4. The van der Waals surface area contributed by atoms with Crippen LogP contribution in [0.25, 0.3) is 0 Å². The number of amides is 1. The van der Waals surface area contributed by atoms with Gasteiger partial charge in [-0.15, -0.1) is 0 Å². The van der Waals surface area contributed by atoms with Crippen molar-refractivity contribution >= 4 is 11.9 Å². The minimum absolute atomic E-state index is 0.0567. The van der Waals surface area contributed by atoms with E-state index >= 15 is 0 Å². The fourth-order valence-corrected chi connectivity index (χ4v) is 2.24. The van der Waals surface area contributed by atoms with Crippen LogP contribution in [-0.4, -0.2) is 45.2 Å². The second-order valence-corrected chi connectivity index (χ2v) is 5.24. The molecule has 1 saturated heterocycles. The molecular formula is C13H17N3O4. The highest BCUT2D eigenvalue weighted by molar-refractivity contribution is 5.96. The molecule has 1 aliphatic rings. The number of carboxylic acids is 1. The molecule has 0 aromatic carbocycles. The van der Waals surface area contributed by atoms with E-state index in [9.17, 15) is 14.4 Å². The molecular weight excluding hydrogens is 262 g/mol. The van der Waals surface area contributed by atoms with Crippen LogP contribution in [0.1, 0.15) is 28.5 Å². The van der Waals surface area contributed by atoms with E-state index < -0.39 is 17.4 Å². The number of aliphatic carboxylic acids is 1. The summed E-state index contributed by atoms with van der Waals surface area (Å²) >= 11 is 0. The van der Waals surface area contributed by atoms with E-state index in [2.05, 4.69) is 10.2 Å². The van der Waals surface area contributed by atoms with Crippen molar-refractivity contribution in [3.05, 3.63) is 27.2 Å². The molecule has 7 heteroatoms. The second-order valence-electron chi connectivity index (χ2n) is 5.24. The van der Waals surface area contributed by atoms with Crippen molar-refractivity contribution in [1.29, 1.82) is 0 Å². The molecule has 2 heterocycles. The molecule has 0 radical (unpaired) electrons. The summed E-state index contributed by atoms with van der Waals surface area (Å²) in [6.45, 7) is 5.76. The van der Waals surface area contributed by atoms with Gasteiger partial charge in [0, 0.05) is 19.0 Å². The van der Waals surface area contributed by atoms with Crippen LogP contribution in [-0.2, 0) is 4.79 Å². The highest BCUT2D eigenvalue weighted by Gasteiger charge is 2.38. The fraction of sp³-hybridized carbons (Fsp3) is 0.538. The Kier molecular flexibility index (Phi) is 3.61. The molecule has 1 atom stereocenters. The summed E-state index contributed by atoms with van der Waals surface area (Å²) in [5.41, 5.74) is 0.754. The number of carboxylic acid groups (broad SMARTS) is 1. The van der Waals surface area contributed by atoms with E-state index in [-0.39, 0.29) is 17.4 Å². The maximum Gasteiger partial charge on any atom is 0.306 e. The predicted molar refractivity (Wildman–Crippen MR) is 70.5 cm³/mol. The average Bonchev–Trinajstić information content (AvgIpc) is 2.32. The number of aromatic nitrogens is 2. The van der Waals surface area contributed by atoms with Crippen LogP contribution in [0.15, 0.2) is 4.79 Å². The zero-order valence-electron chi connectivity index (χ0n) is 11.6. The third-order valence-corrected chi connectivity index (χ3v) is 3.98. The Labute approximate surface area is 115 Å². The van der Waals surface area contributed by atoms with Crippen molar-refractivity contribution in [2.24, 2.45) is 11.8 Å². The zero-order valence-corrected chi connectivity index (χ0v) is 11.6. The summed E-state index contributed by atoms with van der Waals surface area (Å²) in [4.78, 5) is 36.4. The summed E-state index contributed by atoms with van der Waals surface area (Å²) in [6.07, 6.45) is 0. The third-order valence-electron chi connectivity index (χ3n) is 3.98. The molecule has 2 N–H and O–H groups in total. The number of rotatable bonds is 3. The van der Waals surface area contributed by atoms with E-state index in [4.69, 9.17) is 5.11 Å². The average molecular weight is 279 g/mol. The van der Waals surface area contributed by atoms with E-state index in [0.29, 0.717) is 24.3 Å². The number of aromatic amines is 1. The summed E-state index contributed by atoms with van der Waals surface area (Å²) in [5.74, 6) is -1.77. The lowest BCUT2D eigenvalue weighted by molar-refractivity contribution is -0.144. The topological polar surface area (TPSA) is 103 Å². The molecule has 2 rings (SSSR count). The van der Waals surface area contributed by atoms with Gasteiger partial charge in [0.1, 0.15) is 5.56 Å². The lowest BCUT2D eigenvalue weighted by atomic mass is 9.86. The number of H-pyrrole nitrogens is 1. The van der Waals surface area contributed by atoms with Gasteiger partial charge >= 0.3 is 5.97 Å². The number of nitrogens with one attached hydrogen (secondary N) is 1. The van der Waals surface area contributed by atoms with Gasteiger partial charge in [0.25, 0.3) is 11.5 Å². The Balaban J connectivity index is 2.14. The van der Waals surface area contributed by atoms with E-state index in [1.54, 1.807) is 20.8 Å². The molecule has 20 heavy (non-hydrogen) atoms. The van der Waals surface area contributed by atoms with E-state index in [1.807, 2.05) is 0 Å². The number of carbonyl (C=O) groups excluding carboxylic acids is 1. The molecule has 1 aromatic rings. The monoisotopic (exact) mass is 279 g/mol. The molecule has 7 nitrogen and oxygen atoms in total. The van der Waals surface area contributed by atoms with Gasteiger partial charge in [0.15, 0.2) is 0 Å². The molecule has 0 bridgehead atoms. The van der Waals surface area contributed by atoms with Crippen LogP contribution in [0.4, 0.5) is 0 Å². The number of hydrogen-bond acceptors (Lipinski definition) is 4. The molecule has 1 amide bonds. The largest absolute Gasteiger partial charge is 0.481 e. The fourth-order valence-electron chi connectivity index (χ4n) is 2.24. The maximum absolute atomic E-state index is 12.3. The predicted octanol–water partition coefficient (Wildman–Crippen LogP) is 0.179. The van der Waals surface area contributed by atoms with Crippen molar-refractivity contribution in [3.63, 3.8) is 0 Å². The van der Waals surface area contributed by atoms with Crippen molar-refractivity contribution in [2.45, 2.75) is 20.8 Å². The lowest BCUT2D eigenvalue weighted by Crippen LogP contribution is -2.54. The first-order chi connectivity index (χ1) is 9.32. The van der Waals surface area contributed by atoms with Crippen molar-refractivity contribution < 1.29 is 14.7 Å². The number of aryl methyl sites for hydroxylation is 1. The summed E-state index contributed by atoms with van der Waals surface area (Å²) < 4.78 is 0. The van der Waals surface area contributed by atoms with Gasteiger partial charge in [0.05, 0.1) is 11.6 Å². The minimum atomic E-state index is -0.865. The Morgan fingerprint density at radius 2 is 2.00 bits per heavy atom. The Morgan fingerprint density at radius 1 is 1.40 bits per heavy atom. The van der Waals surface area contributed by atoms with Gasteiger partial charge in [-0.25, -0.2) is 5.10 Å². The van der Waals surface area contributed by atoms with E-state index in [1.165, 1.54) is 4.90 Å². The molecule has 1 aromatic heterocycles. The van der Waals surface area contributed by atoms with Gasteiger partial charge in [-0.3, -0.25) is 14.4 Å². The molecule has 0 spiro atoms. The van der Waals surface area contributed by atoms with Crippen molar-refractivity contribution in [3.8, 4) is 0 Å². The molecule has 0 aliphatic carbocycles. The van der Waals surface area contributed by atoms with Crippen LogP contribution in [0, 0.1) is 25.7 Å². The van der Waals surface area contributed by atoms with Gasteiger partial charge in [-0.05, 0) is 19.4 Å². The van der Waals surface area contributed by atoms with Crippen molar-refractivity contribution in [2.75, 3.05) is 13.1 Å². The van der Waals surface area contributed by atoms with E-state index in [0.717, 1.165) is 0 Å². The number of nitrogens with zero attached hydrogens (tertiary/aromatic N) is 2. The SMILES string of the molecule is Cc1n[nH]c(=O)c(C(=O)N2CC(C(C)C(=O)O)C2)c1C. The smallest absolute Gasteiger partial charge is 0.306 e. The number of likely N-dealkylation sites (tertiary alicyclic amines) is 1. The van der Waals surface area contributed by atoms with Crippen LogP contribution >= 0.6 is 0 Å². The molecule has 1 aliphatic heterocycles.